The summed E-state index contributed by atoms with van der Waals surface area (Å²) in [4.78, 5) is 0. The Kier molecular flexibility index (Phi) is 3.30. The van der Waals surface area contributed by atoms with Crippen molar-refractivity contribution in [1.82, 2.24) is 0 Å². The molecule has 0 radical (unpaired) electrons. The smallest absolute Gasteiger partial charge is 0.0346 e. The normalized spacial score (nSPS) is 15.5. The second-order valence-electron chi connectivity index (χ2n) is 4.72. The summed E-state index contributed by atoms with van der Waals surface area (Å²) in [6.45, 7) is 2.19. The van der Waals surface area contributed by atoms with Gasteiger partial charge in [0.2, 0.25) is 0 Å². The Hall–Kier alpha value is -0.980. The lowest BCUT2D eigenvalue weighted by molar-refractivity contribution is 0.667. The molecule has 1 fully saturated rings. The van der Waals surface area contributed by atoms with Crippen molar-refractivity contribution in [3.05, 3.63) is 29.3 Å². The molecule has 0 atom stereocenters. The lowest BCUT2D eigenvalue weighted by atomic mass is 10.0. The molecule has 0 saturated heterocycles. The van der Waals surface area contributed by atoms with Crippen LogP contribution in [0.1, 0.15) is 43.7 Å². The highest BCUT2D eigenvalue weighted by Gasteiger charge is 2.20. The topological polar surface area (TPSA) is 26.0 Å². The van der Waals surface area contributed by atoms with E-state index in [0.717, 1.165) is 24.4 Å². The fraction of sp³-hybridized carbons (Fsp3) is 0.571. The Morgan fingerprint density at radius 3 is 2.80 bits per heavy atom. The number of hydrogen-bond donors (Lipinski definition) is 1. The van der Waals surface area contributed by atoms with E-state index in [4.69, 9.17) is 5.73 Å². The lowest BCUT2D eigenvalue weighted by Gasteiger charge is -2.07. The lowest BCUT2D eigenvalue weighted by Crippen LogP contribution is -1.96. The maximum Gasteiger partial charge on any atom is 0.0346 e. The van der Waals surface area contributed by atoms with Gasteiger partial charge in [-0.15, -0.1) is 0 Å². The first kappa shape index (κ1) is 10.5. The van der Waals surface area contributed by atoms with E-state index >= 15 is 0 Å². The van der Waals surface area contributed by atoms with Crippen molar-refractivity contribution in [1.29, 1.82) is 0 Å². The Bertz CT molecular complexity index is 326. The quantitative estimate of drug-likeness (QED) is 0.727. The molecular formula is C14H21N. The van der Waals surface area contributed by atoms with Crippen molar-refractivity contribution >= 4 is 5.69 Å². The molecule has 2 N–H and O–H groups in total. The second-order valence-corrected chi connectivity index (χ2v) is 4.72. The first-order chi connectivity index (χ1) is 7.29. The molecule has 82 valence electrons. The Morgan fingerprint density at radius 1 is 1.33 bits per heavy atom. The van der Waals surface area contributed by atoms with Crippen molar-refractivity contribution in [2.45, 2.75) is 45.4 Å². The summed E-state index contributed by atoms with van der Waals surface area (Å²) in [5, 5.41) is 0. The summed E-state index contributed by atoms with van der Waals surface area (Å²) in [7, 11) is 0. The van der Waals surface area contributed by atoms with Crippen LogP contribution in [0, 0.1) is 5.92 Å². The van der Waals surface area contributed by atoms with Crippen LogP contribution in [0.5, 0.6) is 0 Å². The summed E-state index contributed by atoms with van der Waals surface area (Å²) in [6, 6.07) is 6.48. The zero-order valence-electron chi connectivity index (χ0n) is 9.63. The van der Waals surface area contributed by atoms with Crippen molar-refractivity contribution < 1.29 is 0 Å². The molecule has 0 aromatic heterocycles. The SMILES string of the molecule is CCc1ccc(N)c(CCCC2CC2)c1. The van der Waals surface area contributed by atoms with Crippen LogP contribution in [0.2, 0.25) is 0 Å². The van der Waals surface area contributed by atoms with E-state index in [1.807, 2.05) is 0 Å². The van der Waals surface area contributed by atoms with Gasteiger partial charge in [0.05, 0.1) is 0 Å². The first-order valence-corrected chi connectivity index (χ1v) is 6.17. The van der Waals surface area contributed by atoms with Crippen LogP contribution in [0.15, 0.2) is 18.2 Å². The van der Waals surface area contributed by atoms with Gasteiger partial charge in [-0.2, -0.15) is 0 Å². The molecule has 0 aliphatic heterocycles. The summed E-state index contributed by atoms with van der Waals surface area (Å²) in [5.41, 5.74) is 9.72. The highest BCUT2D eigenvalue weighted by molar-refractivity contribution is 5.48. The molecule has 1 heteroatoms. The van der Waals surface area contributed by atoms with E-state index in [9.17, 15) is 0 Å². The number of hydrogen-bond acceptors (Lipinski definition) is 1. The highest BCUT2D eigenvalue weighted by Crippen LogP contribution is 2.34. The zero-order valence-corrected chi connectivity index (χ0v) is 9.63. The number of benzene rings is 1. The van der Waals surface area contributed by atoms with Crippen molar-refractivity contribution in [3.63, 3.8) is 0 Å². The largest absolute Gasteiger partial charge is 0.399 e. The maximum atomic E-state index is 5.98. The minimum atomic E-state index is 0.975. The Labute approximate surface area is 92.7 Å². The van der Waals surface area contributed by atoms with Gasteiger partial charge in [0.1, 0.15) is 0 Å². The van der Waals surface area contributed by atoms with E-state index in [2.05, 4.69) is 25.1 Å². The molecular weight excluding hydrogens is 182 g/mol. The molecule has 1 aliphatic carbocycles. The van der Waals surface area contributed by atoms with Gasteiger partial charge in [0, 0.05) is 5.69 Å². The minimum absolute atomic E-state index is 0.975. The molecule has 0 unspecified atom stereocenters. The molecule has 1 saturated carbocycles. The van der Waals surface area contributed by atoms with Crippen LogP contribution in [-0.4, -0.2) is 0 Å². The molecule has 0 spiro atoms. The number of nitrogens with two attached hydrogens (primary N) is 1. The monoisotopic (exact) mass is 203 g/mol. The Balaban J connectivity index is 1.92. The van der Waals surface area contributed by atoms with E-state index in [1.54, 1.807) is 0 Å². The van der Waals surface area contributed by atoms with Gasteiger partial charge >= 0.3 is 0 Å². The molecule has 15 heavy (non-hydrogen) atoms. The van der Waals surface area contributed by atoms with E-state index in [-0.39, 0.29) is 0 Å². The van der Waals surface area contributed by atoms with Gasteiger partial charge in [-0.1, -0.05) is 38.3 Å². The fourth-order valence-corrected chi connectivity index (χ4v) is 2.08. The summed E-state index contributed by atoms with van der Waals surface area (Å²) >= 11 is 0. The van der Waals surface area contributed by atoms with Crippen LogP contribution in [0.4, 0.5) is 5.69 Å². The van der Waals surface area contributed by atoms with Gasteiger partial charge in [0.25, 0.3) is 0 Å². The predicted octanol–water partition coefficient (Wildman–Crippen LogP) is 3.56. The summed E-state index contributed by atoms with van der Waals surface area (Å²) in [5.74, 6) is 1.04. The maximum absolute atomic E-state index is 5.98. The van der Waals surface area contributed by atoms with Crippen LogP contribution < -0.4 is 5.73 Å². The van der Waals surface area contributed by atoms with E-state index < -0.39 is 0 Å². The van der Waals surface area contributed by atoms with Gasteiger partial charge in [-0.25, -0.2) is 0 Å². The molecule has 0 bridgehead atoms. The van der Waals surface area contributed by atoms with Crippen molar-refractivity contribution in [2.24, 2.45) is 5.92 Å². The van der Waals surface area contributed by atoms with Crippen LogP contribution >= 0.6 is 0 Å². The molecule has 2 rings (SSSR count). The third kappa shape index (κ3) is 2.98. The highest BCUT2D eigenvalue weighted by atomic mass is 14.6. The van der Waals surface area contributed by atoms with Crippen LogP contribution in [-0.2, 0) is 12.8 Å². The average molecular weight is 203 g/mol. The molecule has 1 aromatic carbocycles. The second kappa shape index (κ2) is 4.69. The van der Waals surface area contributed by atoms with Crippen molar-refractivity contribution in [3.8, 4) is 0 Å². The van der Waals surface area contributed by atoms with Gasteiger partial charge in [0.15, 0.2) is 0 Å². The minimum Gasteiger partial charge on any atom is -0.399 e. The fourth-order valence-electron chi connectivity index (χ4n) is 2.08. The third-order valence-corrected chi connectivity index (χ3v) is 3.37. The number of aryl methyl sites for hydroxylation is 2. The Morgan fingerprint density at radius 2 is 2.13 bits per heavy atom. The number of anilines is 1. The van der Waals surface area contributed by atoms with Gasteiger partial charge in [-0.05, 0) is 42.4 Å². The summed E-state index contributed by atoms with van der Waals surface area (Å²) < 4.78 is 0. The standard InChI is InChI=1S/C14H21N/c1-2-11-8-9-14(15)13(10-11)5-3-4-12-6-7-12/h8-10,12H,2-7,15H2,1H3. The zero-order chi connectivity index (χ0) is 10.7. The summed E-state index contributed by atoms with van der Waals surface area (Å²) in [6.07, 6.45) is 7.90. The number of nitrogen functional groups attached to an aromatic ring is 1. The first-order valence-electron chi connectivity index (χ1n) is 6.17. The van der Waals surface area contributed by atoms with Crippen LogP contribution in [0.25, 0.3) is 0 Å². The molecule has 0 heterocycles. The van der Waals surface area contributed by atoms with E-state index in [0.29, 0.717) is 0 Å². The molecule has 1 aliphatic rings. The predicted molar refractivity (Wildman–Crippen MR) is 65.9 cm³/mol. The van der Waals surface area contributed by atoms with Gasteiger partial charge in [-0.3, -0.25) is 0 Å². The molecule has 0 amide bonds. The molecule has 1 aromatic rings. The van der Waals surface area contributed by atoms with E-state index in [1.165, 1.54) is 36.8 Å². The molecule has 1 nitrogen and oxygen atoms in total. The third-order valence-electron chi connectivity index (χ3n) is 3.37. The average Bonchev–Trinajstić information content (AvgIpc) is 3.05. The van der Waals surface area contributed by atoms with Crippen molar-refractivity contribution in [2.75, 3.05) is 5.73 Å². The van der Waals surface area contributed by atoms with Gasteiger partial charge < -0.3 is 5.73 Å². The van der Waals surface area contributed by atoms with Crippen LogP contribution in [0.3, 0.4) is 0 Å². The number of rotatable bonds is 5.